The molecule has 1 saturated carbocycles. The van der Waals surface area contributed by atoms with Gasteiger partial charge in [-0.15, -0.1) is 0 Å². The van der Waals surface area contributed by atoms with Crippen LogP contribution in [0, 0.1) is 11.3 Å². The second-order valence-electron chi connectivity index (χ2n) is 6.27. The number of ether oxygens (including phenoxy) is 1. The van der Waals surface area contributed by atoms with Crippen LogP contribution < -0.4 is 5.32 Å². The fourth-order valence-corrected chi connectivity index (χ4v) is 3.71. The molecule has 2 aliphatic rings. The summed E-state index contributed by atoms with van der Waals surface area (Å²) in [6.45, 7) is 6.62. The van der Waals surface area contributed by atoms with E-state index in [2.05, 4.69) is 30.5 Å². The number of hydrogen-bond donors (Lipinski definition) is 1. The molecular weight excluding hydrogens is 226 g/mol. The Hall–Kier alpha value is -0.870. The van der Waals surface area contributed by atoms with Gasteiger partial charge >= 0.3 is 0 Å². The highest BCUT2D eigenvalue weighted by Crippen LogP contribution is 2.51. The molecule has 1 aliphatic heterocycles. The van der Waals surface area contributed by atoms with E-state index in [1.807, 2.05) is 17.9 Å². The molecule has 1 aliphatic carbocycles. The summed E-state index contributed by atoms with van der Waals surface area (Å²) in [5.41, 5.74) is 1.59. The minimum absolute atomic E-state index is 0.288. The number of nitrogens with one attached hydrogen (secondary N) is 1. The zero-order valence-corrected chi connectivity index (χ0v) is 11.5. The molecule has 0 bridgehead atoms. The summed E-state index contributed by atoms with van der Waals surface area (Å²) < 4.78 is 7.68. The van der Waals surface area contributed by atoms with Crippen molar-refractivity contribution in [3.05, 3.63) is 18.0 Å². The lowest BCUT2D eigenvalue weighted by Gasteiger charge is -2.55. The van der Waals surface area contributed by atoms with Crippen LogP contribution in [0.3, 0.4) is 0 Å². The average Bonchev–Trinajstić information content (AvgIpc) is 2.92. The highest BCUT2D eigenvalue weighted by molar-refractivity contribution is 5.12. The van der Waals surface area contributed by atoms with Crippen LogP contribution in [0.5, 0.6) is 0 Å². The molecule has 1 aromatic rings. The smallest absolute Gasteiger partial charge is 0.0685 e. The Balaban J connectivity index is 1.51. The van der Waals surface area contributed by atoms with Crippen LogP contribution in [0.2, 0.25) is 0 Å². The van der Waals surface area contributed by atoms with Crippen molar-refractivity contribution in [2.45, 2.75) is 38.8 Å². The highest BCUT2D eigenvalue weighted by atomic mass is 16.5. The van der Waals surface area contributed by atoms with E-state index in [4.69, 9.17) is 4.74 Å². The summed E-state index contributed by atoms with van der Waals surface area (Å²) >= 11 is 0. The molecule has 1 saturated heterocycles. The number of fused-ring (bicyclic) bond motifs is 1. The van der Waals surface area contributed by atoms with E-state index in [-0.39, 0.29) is 5.41 Å². The van der Waals surface area contributed by atoms with Gasteiger partial charge in [0.2, 0.25) is 0 Å². The molecule has 18 heavy (non-hydrogen) atoms. The fourth-order valence-electron chi connectivity index (χ4n) is 3.71. The molecule has 0 radical (unpaired) electrons. The topological polar surface area (TPSA) is 39.1 Å². The molecule has 100 valence electrons. The van der Waals surface area contributed by atoms with E-state index in [9.17, 15) is 0 Å². The zero-order chi connectivity index (χ0) is 12.8. The maximum Gasteiger partial charge on any atom is 0.0685 e. The Bertz CT molecular complexity index is 426. The van der Waals surface area contributed by atoms with Crippen molar-refractivity contribution in [3.8, 4) is 0 Å². The number of nitrogens with zero attached hydrogens (tertiary/aromatic N) is 2. The van der Waals surface area contributed by atoms with Crippen LogP contribution in [0.25, 0.3) is 0 Å². The van der Waals surface area contributed by atoms with E-state index in [0.717, 1.165) is 25.5 Å². The molecule has 2 heterocycles. The van der Waals surface area contributed by atoms with Gasteiger partial charge in [0.25, 0.3) is 0 Å². The predicted octanol–water partition coefficient (Wildman–Crippen LogP) is 1.37. The molecule has 4 nitrogen and oxygen atoms in total. The summed E-state index contributed by atoms with van der Waals surface area (Å²) in [6.07, 6.45) is 6.80. The summed E-state index contributed by atoms with van der Waals surface area (Å²) in [4.78, 5) is 0. The van der Waals surface area contributed by atoms with E-state index < -0.39 is 0 Å². The Labute approximate surface area is 109 Å². The van der Waals surface area contributed by atoms with E-state index >= 15 is 0 Å². The second-order valence-corrected chi connectivity index (χ2v) is 6.27. The number of aromatic nitrogens is 2. The van der Waals surface area contributed by atoms with Crippen molar-refractivity contribution in [2.24, 2.45) is 18.4 Å². The van der Waals surface area contributed by atoms with Gasteiger partial charge in [0.05, 0.1) is 12.3 Å². The normalized spacial score (nSPS) is 33.2. The molecule has 1 N–H and O–H groups in total. The van der Waals surface area contributed by atoms with Crippen LogP contribution in [0.1, 0.15) is 25.8 Å². The Morgan fingerprint density at radius 3 is 3.11 bits per heavy atom. The Kier molecular flexibility index (Phi) is 2.94. The van der Waals surface area contributed by atoms with Crippen molar-refractivity contribution in [2.75, 3.05) is 13.2 Å². The van der Waals surface area contributed by atoms with Gasteiger partial charge in [0.15, 0.2) is 0 Å². The van der Waals surface area contributed by atoms with Crippen molar-refractivity contribution in [3.63, 3.8) is 0 Å². The van der Waals surface area contributed by atoms with Crippen LogP contribution in [-0.2, 0) is 18.2 Å². The molecule has 2 fully saturated rings. The molecule has 4 heteroatoms. The SMILES string of the molecule is Cn1cc(CCNC2C3CCOC3C2(C)C)cn1. The third-order valence-corrected chi connectivity index (χ3v) is 4.64. The molecule has 0 amide bonds. The quantitative estimate of drug-likeness (QED) is 0.876. The standard InChI is InChI=1S/C14H23N3O/c1-14(2)12(11-5-7-18-13(11)14)15-6-4-10-8-16-17(3)9-10/h8-9,11-13,15H,4-7H2,1-3H3. The fraction of sp³-hybridized carbons (Fsp3) is 0.786. The van der Waals surface area contributed by atoms with Crippen molar-refractivity contribution in [1.29, 1.82) is 0 Å². The summed E-state index contributed by atoms with van der Waals surface area (Å²) in [5, 5.41) is 7.92. The maximum absolute atomic E-state index is 5.81. The van der Waals surface area contributed by atoms with Gasteiger partial charge in [0.1, 0.15) is 0 Å². The Morgan fingerprint density at radius 2 is 2.39 bits per heavy atom. The van der Waals surface area contributed by atoms with Crippen LogP contribution in [0.4, 0.5) is 0 Å². The van der Waals surface area contributed by atoms with Crippen LogP contribution >= 0.6 is 0 Å². The lowest BCUT2D eigenvalue weighted by atomic mass is 9.57. The van der Waals surface area contributed by atoms with Crippen LogP contribution in [0.15, 0.2) is 12.4 Å². The molecule has 3 rings (SSSR count). The molecule has 3 unspecified atom stereocenters. The first-order valence-corrected chi connectivity index (χ1v) is 6.91. The zero-order valence-electron chi connectivity index (χ0n) is 11.5. The van der Waals surface area contributed by atoms with Crippen LogP contribution in [-0.4, -0.2) is 35.1 Å². The van der Waals surface area contributed by atoms with Crippen molar-refractivity contribution >= 4 is 0 Å². The van der Waals surface area contributed by atoms with Gasteiger partial charge in [-0.05, 0) is 24.9 Å². The van der Waals surface area contributed by atoms with Gasteiger partial charge < -0.3 is 10.1 Å². The Morgan fingerprint density at radius 1 is 1.56 bits per heavy atom. The first kappa shape index (κ1) is 12.2. The molecular formula is C14H23N3O. The van der Waals surface area contributed by atoms with Crippen molar-refractivity contribution < 1.29 is 4.74 Å². The van der Waals surface area contributed by atoms with Gasteiger partial charge in [-0.25, -0.2) is 0 Å². The first-order chi connectivity index (χ1) is 8.59. The third-order valence-electron chi connectivity index (χ3n) is 4.64. The first-order valence-electron chi connectivity index (χ1n) is 6.91. The summed E-state index contributed by atoms with van der Waals surface area (Å²) in [5.74, 6) is 0.730. The highest BCUT2D eigenvalue weighted by Gasteiger charge is 2.58. The maximum atomic E-state index is 5.81. The van der Waals surface area contributed by atoms with Gasteiger partial charge in [-0.3, -0.25) is 4.68 Å². The molecule has 0 aromatic carbocycles. The lowest BCUT2D eigenvalue weighted by molar-refractivity contribution is -0.112. The van der Waals surface area contributed by atoms with Gasteiger partial charge in [0, 0.05) is 37.2 Å². The molecule has 3 atom stereocenters. The summed E-state index contributed by atoms with van der Waals surface area (Å²) in [7, 11) is 1.96. The largest absolute Gasteiger partial charge is 0.377 e. The number of rotatable bonds is 4. The summed E-state index contributed by atoms with van der Waals surface area (Å²) in [6, 6.07) is 0.613. The second kappa shape index (κ2) is 4.35. The third kappa shape index (κ3) is 1.88. The average molecular weight is 249 g/mol. The predicted molar refractivity (Wildman–Crippen MR) is 70.3 cm³/mol. The van der Waals surface area contributed by atoms with E-state index in [0.29, 0.717) is 12.1 Å². The lowest BCUT2D eigenvalue weighted by Crippen LogP contribution is -2.66. The van der Waals surface area contributed by atoms with E-state index in [1.54, 1.807) is 0 Å². The van der Waals surface area contributed by atoms with E-state index in [1.165, 1.54) is 12.0 Å². The van der Waals surface area contributed by atoms with Crippen molar-refractivity contribution in [1.82, 2.24) is 15.1 Å². The van der Waals surface area contributed by atoms with Gasteiger partial charge in [-0.1, -0.05) is 13.8 Å². The minimum Gasteiger partial charge on any atom is -0.377 e. The monoisotopic (exact) mass is 249 g/mol. The molecule has 0 spiro atoms. The number of hydrogen-bond acceptors (Lipinski definition) is 3. The number of aryl methyl sites for hydroxylation is 1. The van der Waals surface area contributed by atoms with Gasteiger partial charge in [-0.2, -0.15) is 5.10 Å². The molecule has 1 aromatic heterocycles. The minimum atomic E-state index is 0.288.